The van der Waals surface area contributed by atoms with Crippen molar-refractivity contribution in [2.75, 3.05) is 47.5 Å². The van der Waals surface area contributed by atoms with E-state index in [1.54, 1.807) is 0 Å². The van der Waals surface area contributed by atoms with Crippen LogP contribution in [0, 0.1) is 0 Å². The number of hydrogen-bond donors (Lipinski definition) is 1. The quantitative estimate of drug-likeness (QED) is 0.0339. The molecular weight excluding hydrogens is 653 g/mol. The largest absolute Gasteiger partial charge is 0.472 e. The summed E-state index contributed by atoms with van der Waals surface area (Å²) in [6.45, 7) is 3.96. The lowest BCUT2D eigenvalue weighted by Gasteiger charge is -2.24. The van der Waals surface area contributed by atoms with Gasteiger partial charge in [-0.05, 0) is 64.2 Å². The molecule has 0 rings (SSSR count). The topological polar surface area (TPSA) is 108 Å². The summed E-state index contributed by atoms with van der Waals surface area (Å²) in [5, 5.41) is 0. The summed E-state index contributed by atoms with van der Waals surface area (Å²) >= 11 is 0. The Kier molecular flexibility index (Phi) is 29.9. The van der Waals surface area contributed by atoms with Gasteiger partial charge in [0.1, 0.15) is 19.8 Å². The molecule has 0 saturated carbocycles. The standard InChI is InChI=1S/C40H64NO8P/c1-6-8-10-12-14-16-18-20-22-24-26-28-30-32-39(42)46-36-38(37-48-50(44,45)47-35-34-41(3,4)5)49-40(43)33-31-29-27-25-23-21-19-17-15-13-11-9-7-2/h8-11,14-17,20-23,26-29,38H,6-7,12-13,18-19,24-25,30-37H2,1-5H3/p+1/b10-8-,11-9-,16-14-,17-15-,22-20-,23-21-,28-26-,29-27-. The number of ether oxygens (including phenoxy) is 2. The third-order valence-corrected chi connectivity index (χ3v) is 7.62. The van der Waals surface area contributed by atoms with E-state index in [4.69, 9.17) is 18.5 Å². The molecule has 0 heterocycles. The Hall–Kier alpha value is -3.07. The minimum Gasteiger partial charge on any atom is -0.462 e. The molecule has 0 saturated heterocycles. The zero-order valence-electron chi connectivity index (χ0n) is 31.3. The fraction of sp³-hybridized carbons (Fsp3) is 0.550. The van der Waals surface area contributed by atoms with Crippen molar-refractivity contribution in [1.82, 2.24) is 0 Å². The van der Waals surface area contributed by atoms with Crippen LogP contribution >= 0.6 is 7.82 Å². The highest BCUT2D eigenvalue weighted by Gasteiger charge is 2.26. The molecule has 50 heavy (non-hydrogen) atoms. The predicted molar refractivity (Wildman–Crippen MR) is 205 cm³/mol. The fourth-order valence-corrected chi connectivity index (χ4v) is 4.60. The zero-order valence-corrected chi connectivity index (χ0v) is 32.2. The summed E-state index contributed by atoms with van der Waals surface area (Å²) in [6, 6.07) is 0. The molecule has 0 radical (unpaired) electrons. The zero-order chi connectivity index (χ0) is 37.2. The van der Waals surface area contributed by atoms with Gasteiger partial charge in [0.25, 0.3) is 0 Å². The van der Waals surface area contributed by atoms with E-state index in [2.05, 4.69) is 86.8 Å². The molecule has 0 bridgehead atoms. The number of esters is 2. The second kappa shape index (κ2) is 31.9. The number of likely N-dealkylation sites (N-methyl/N-ethyl adjacent to an activating group) is 1. The van der Waals surface area contributed by atoms with Crippen LogP contribution in [0.15, 0.2) is 97.2 Å². The van der Waals surface area contributed by atoms with Gasteiger partial charge >= 0.3 is 19.8 Å². The summed E-state index contributed by atoms with van der Waals surface area (Å²) in [7, 11) is 1.37. The maximum Gasteiger partial charge on any atom is 0.472 e. The van der Waals surface area contributed by atoms with Crippen molar-refractivity contribution in [2.24, 2.45) is 0 Å². The van der Waals surface area contributed by atoms with Gasteiger partial charge in [0.05, 0.1) is 27.7 Å². The lowest BCUT2D eigenvalue weighted by molar-refractivity contribution is -0.870. The first-order valence-corrected chi connectivity index (χ1v) is 19.5. The van der Waals surface area contributed by atoms with Gasteiger partial charge in [0.15, 0.2) is 6.10 Å². The summed E-state index contributed by atoms with van der Waals surface area (Å²) in [6.07, 6.45) is 40.7. The molecule has 0 aliphatic heterocycles. The van der Waals surface area contributed by atoms with Crippen LogP contribution in [0.2, 0.25) is 0 Å². The molecule has 0 aromatic heterocycles. The third-order valence-electron chi connectivity index (χ3n) is 6.64. The number of hydrogen-bond acceptors (Lipinski definition) is 7. The second-order valence-corrected chi connectivity index (χ2v) is 13.9. The Labute approximate surface area is 303 Å². The maximum atomic E-state index is 12.6. The average Bonchev–Trinajstić information content (AvgIpc) is 3.06. The van der Waals surface area contributed by atoms with Crippen LogP contribution in [0.3, 0.4) is 0 Å². The van der Waals surface area contributed by atoms with Crippen LogP contribution in [0.1, 0.15) is 90.9 Å². The third kappa shape index (κ3) is 34.8. The van der Waals surface area contributed by atoms with Gasteiger partial charge in [-0.1, -0.05) is 111 Å². The predicted octanol–water partition coefficient (Wildman–Crippen LogP) is 9.45. The number of rotatable bonds is 30. The smallest absolute Gasteiger partial charge is 0.462 e. The number of phosphoric ester groups is 1. The molecule has 0 aromatic rings. The van der Waals surface area contributed by atoms with Gasteiger partial charge in [-0.2, -0.15) is 0 Å². The molecule has 10 heteroatoms. The van der Waals surface area contributed by atoms with Gasteiger partial charge in [-0.3, -0.25) is 18.6 Å². The van der Waals surface area contributed by atoms with Crippen molar-refractivity contribution in [3.05, 3.63) is 97.2 Å². The number of allylic oxidation sites excluding steroid dienone is 16. The van der Waals surface area contributed by atoms with E-state index in [-0.39, 0.29) is 26.1 Å². The summed E-state index contributed by atoms with van der Waals surface area (Å²) in [4.78, 5) is 35.0. The molecular formula is C40H65NO8P+. The Balaban J connectivity index is 4.73. The molecule has 2 atom stereocenters. The van der Waals surface area contributed by atoms with Crippen molar-refractivity contribution in [3.8, 4) is 0 Å². The molecule has 2 unspecified atom stereocenters. The fourth-order valence-electron chi connectivity index (χ4n) is 3.86. The van der Waals surface area contributed by atoms with Crippen molar-refractivity contribution >= 4 is 19.8 Å². The van der Waals surface area contributed by atoms with Crippen molar-refractivity contribution in [3.63, 3.8) is 0 Å². The molecule has 0 fully saturated rings. The summed E-state index contributed by atoms with van der Waals surface area (Å²) in [5.74, 6) is -1.00. The Morgan fingerprint density at radius 2 is 1.00 bits per heavy atom. The van der Waals surface area contributed by atoms with E-state index < -0.39 is 32.5 Å². The number of phosphoric acid groups is 1. The minimum absolute atomic E-state index is 0.00286. The van der Waals surface area contributed by atoms with Crippen LogP contribution in [0.5, 0.6) is 0 Å². The SMILES string of the molecule is CC/C=C\C/C=C\C/C=C\C/C=C\CCC(=O)OCC(COP(=O)(O)OCC[N+](C)(C)C)OC(=O)CC/C=C\C/C=C\C/C=C\C/C=C\CC. The molecule has 0 aromatic carbocycles. The van der Waals surface area contributed by atoms with Crippen LogP contribution in [-0.2, 0) is 32.7 Å². The first-order valence-electron chi connectivity index (χ1n) is 18.0. The summed E-state index contributed by atoms with van der Waals surface area (Å²) in [5.41, 5.74) is 0. The van der Waals surface area contributed by atoms with E-state index in [0.29, 0.717) is 23.9 Å². The van der Waals surface area contributed by atoms with Crippen molar-refractivity contribution in [1.29, 1.82) is 0 Å². The number of quaternary nitrogens is 1. The van der Waals surface area contributed by atoms with E-state index in [1.807, 2.05) is 45.4 Å². The number of nitrogens with zero attached hydrogens (tertiary/aromatic N) is 1. The second-order valence-electron chi connectivity index (χ2n) is 12.5. The number of carbonyl (C=O) groups is 2. The van der Waals surface area contributed by atoms with Crippen LogP contribution in [-0.4, -0.2) is 74.9 Å². The molecule has 0 aliphatic rings. The minimum atomic E-state index is -4.41. The summed E-state index contributed by atoms with van der Waals surface area (Å²) < 4.78 is 33.9. The highest BCUT2D eigenvalue weighted by atomic mass is 31.2. The van der Waals surface area contributed by atoms with E-state index >= 15 is 0 Å². The van der Waals surface area contributed by atoms with E-state index in [9.17, 15) is 19.0 Å². The highest BCUT2D eigenvalue weighted by Crippen LogP contribution is 2.43. The van der Waals surface area contributed by atoms with Gasteiger partial charge in [-0.15, -0.1) is 0 Å². The maximum absolute atomic E-state index is 12.6. The van der Waals surface area contributed by atoms with Gasteiger partial charge in [0.2, 0.25) is 0 Å². The van der Waals surface area contributed by atoms with Crippen LogP contribution in [0.4, 0.5) is 0 Å². The highest BCUT2D eigenvalue weighted by molar-refractivity contribution is 7.47. The molecule has 282 valence electrons. The van der Waals surface area contributed by atoms with Crippen LogP contribution in [0.25, 0.3) is 0 Å². The molecule has 1 N–H and O–H groups in total. The van der Waals surface area contributed by atoms with Crippen molar-refractivity contribution < 1.29 is 42.1 Å². The molecule has 9 nitrogen and oxygen atoms in total. The lowest BCUT2D eigenvalue weighted by Crippen LogP contribution is -2.37. The van der Waals surface area contributed by atoms with Gasteiger partial charge < -0.3 is 18.9 Å². The Bertz CT molecular complexity index is 1170. The van der Waals surface area contributed by atoms with Gasteiger partial charge in [0, 0.05) is 12.8 Å². The van der Waals surface area contributed by atoms with Crippen molar-refractivity contribution in [2.45, 2.75) is 97.0 Å². The van der Waals surface area contributed by atoms with E-state index in [1.165, 1.54) is 0 Å². The van der Waals surface area contributed by atoms with Crippen LogP contribution < -0.4 is 0 Å². The molecule has 0 amide bonds. The normalized spacial score (nSPS) is 14.9. The first kappa shape index (κ1) is 46.9. The Morgan fingerprint density at radius 1 is 0.600 bits per heavy atom. The first-order chi connectivity index (χ1) is 24.0. The number of carbonyl (C=O) groups excluding carboxylic acids is 2. The monoisotopic (exact) mass is 718 g/mol. The Morgan fingerprint density at radius 3 is 1.42 bits per heavy atom. The average molecular weight is 719 g/mol. The van der Waals surface area contributed by atoms with E-state index in [0.717, 1.165) is 51.4 Å². The van der Waals surface area contributed by atoms with Gasteiger partial charge in [-0.25, -0.2) is 4.57 Å². The molecule has 0 spiro atoms. The molecule has 0 aliphatic carbocycles. The lowest BCUT2D eigenvalue weighted by atomic mass is 10.2.